The van der Waals surface area contributed by atoms with Crippen LogP contribution < -0.4 is 0 Å². The molecular formula is C15H19NO3. The predicted octanol–water partition coefficient (Wildman–Crippen LogP) is 1.78. The fourth-order valence-electron chi connectivity index (χ4n) is 2.42. The molecule has 1 aromatic rings. The second kappa shape index (κ2) is 6.48. The number of ether oxygens (including phenoxy) is 1. The lowest BCUT2D eigenvalue weighted by molar-refractivity contribution is -0.155. The van der Waals surface area contributed by atoms with E-state index >= 15 is 0 Å². The molecule has 0 amide bonds. The van der Waals surface area contributed by atoms with Crippen LogP contribution in [0.3, 0.4) is 0 Å². The van der Waals surface area contributed by atoms with Gasteiger partial charge in [-0.2, -0.15) is 0 Å². The molecule has 19 heavy (non-hydrogen) atoms. The Morgan fingerprint density at radius 2 is 2.11 bits per heavy atom. The molecule has 0 radical (unpaired) electrons. The van der Waals surface area contributed by atoms with Gasteiger partial charge in [-0.25, -0.2) is 4.79 Å². The SMILES string of the molecule is CCOC(=O)C1C(=O)CCCN1Cc1ccccc1. The van der Waals surface area contributed by atoms with Crippen LogP contribution in [0.5, 0.6) is 0 Å². The first-order chi connectivity index (χ1) is 9.22. The van der Waals surface area contributed by atoms with Crippen molar-refractivity contribution >= 4 is 11.8 Å². The molecule has 1 atom stereocenters. The molecule has 1 aliphatic heterocycles. The minimum atomic E-state index is -0.728. The number of carbonyl (C=O) groups is 2. The first kappa shape index (κ1) is 13.7. The van der Waals surface area contributed by atoms with Crippen molar-refractivity contribution in [1.82, 2.24) is 4.90 Å². The van der Waals surface area contributed by atoms with Crippen molar-refractivity contribution in [2.24, 2.45) is 0 Å². The van der Waals surface area contributed by atoms with Gasteiger partial charge in [-0.15, -0.1) is 0 Å². The number of ketones is 1. The Bertz CT molecular complexity index is 444. The van der Waals surface area contributed by atoms with Gasteiger partial charge < -0.3 is 4.74 Å². The van der Waals surface area contributed by atoms with Crippen molar-refractivity contribution in [2.45, 2.75) is 32.4 Å². The van der Waals surface area contributed by atoms with E-state index in [9.17, 15) is 9.59 Å². The van der Waals surface area contributed by atoms with E-state index in [1.807, 2.05) is 35.2 Å². The molecule has 1 saturated heterocycles. The molecule has 0 bridgehead atoms. The Kier molecular flexibility index (Phi) is 4.68. The Labute approximate surface area is 113 Å². The molecule has 0 aliphatic carbocycles. The van der Waals surface area contributed by atoms with Crippen LogP contribution in [0.1, 0.15) is 25.3 Å². The molecule has 0 N–H and O–H groups in total. The molecule has 0 aromatic heterocycles. The summed E-state index contributed by atoms with van der Waals surface area (Å²) < 4.78 is 5.02. The van der Waals surface area contributed by atoms with E-state index in [0.29, 0.717) is 19.6 Å². The number of benzene rings is 1. The number of hydrogen-bond donors (Lipinski definition) is 0. The molecule has 2 rings (SSSR count). The standard InChI is InChI=1S/C15H19NO3/c1-2-19-15(18)14-13(17)9-6-10-16(14)11-12-7-4-3-5-8-12/h3-5,7-8,14H,2,6,9-11H2,1H3. The summed E-state index contributed by atoms with van der Waals surface area (Å²) >= 11 is 0. The van der Waals surface area contributed by atoms with E-state index in [1.54, 1.807) is 6.92 Å². The van der Waals surface area contributed by atoms with Crippen molar-refractivity contribution < 1.29 is 14.3 Å². The van der Waals surface area contributed by atoms with Gasteiger partial charge in [0.2, 0.25) is 0 Å². The van der Waals surface area contributed by atoms with Crippen molar-refractivity contribution in [3.8, 4) is 0 Å². The highest BCUT2D eigenvalue weighted by Crippen LogP contribution is 2.18. The van der Waals surface area contributed by atoms with Gasteiger partial charge in [0.1, 0.15) is 0 Å². The van der Waals surface area contributed by atoms with E-state index in [2.05, 4.69) is 0 Å². The molecular weight excluding hydrogens is 242 g/mol. The average Bonchev–Trinajstić information content (AvgIpc) is 2.40. The summed E-state index contributed by atoms with van der Waals surface area (Å²) in [4.78, 5) is 25.8. The number of piperidine rings is 1. The Hall–Kier alpha value is -1.68. The van der Waals surface area contributed by atoms with Gasteiger partial charge in [0, 0.05) is 19.5 Å². The summed E-state index contributed by atoms with van der Waals surface area (Å²) in [6.45, 7) is 3.43. The molecule has 1 fully saturated rings. The molecule has 1 unspecified atom stereocenters. The molecule has 102 valence electrons. The summed E-state index contributed by atoms with van der Waals surface area (Å²) in [5.41, 5.74) is 1.10. The number of esters is 1. The largest absolute Gasteiger partial charge is 0.464 e. The van der Waals surface area contributed by atoms with Crippen molar-refractivity contribution in [3.63, 3.8) is 0 Å². The lowest BCUT2D eigenvalue weighted by Gasteiger charge is -2.32. The zero-order valence-corrected chi connectivity index (χ0v) is 11.2. The molecule has 0 saturated carbocycles. The van der Waals surface area contributed by atoms with Crippen LogP contribution in [-0.2, 0) is 20.9 Å². The Morgan fingerprint density at radius 1 is 1.37 bits per heavy atom. The topological polar surface area (TPSA) is 46.6 Å². The Balaban J connectivity index is 2.11. The first-order valence-electron chi connectivity index (χ1n) is 6.69. The molecule has 4 nitrogen and oxygen atoms in total. The second-order valence-corrected chi connectivity index (χ2v) is 4.68. The van der Waals surface area contributed by atoms with E-state index < -0.39 is 12.0 Å². The van der Waals surface area contributed by atoms with E-state index in [0.717, 1.165) is 18.5 Å². The minimum absolute atomic E-state index is 0.0272. The predicted molar refractivity (Wildman–Crippen MR) is 71.5 cm³/mol. The number of Topliss-reactive ketones (excluding diaryl/α,β-unsaturated/α-hetero) is 1. The van der Waals surface area contributed by atoms with Gasteiger partial charge >= 0.3 is 5.97 Å². The number of carbonyl (C=O) groups excluding carboxylic acids is 2. The maximum absolute atomic E-state index is 12.0. The first-order valence-corrected chi connectivity index (χ1v) is 6.69. The lowest BCUT2D eigenvalue weighted by atomic mass is 9.99. The van der Waals surface area contributed by atoms with Crippen LogP contribution in [0.4, 0.5) is 0 Å². The van der Waals surface area contributed by atoms with Gasteiger partial charge in [0.05, 0.1) is 6.61 Å². The maximum atomic E-state index is 12.0. The van der Waals surface area contributed by atoms with Crippen LogP contribution >= 0.6 is 0 Å². The van der Waals surface area contributed by atoms with Crippen LogP contribution in [0, 0.1) is 0 Å². The number of nitrogens with zero attached hydrogens (tertiary/aromatic N) is 1. The zero-order valence-electron chi connectivity index (χ0n) is 11.2. The normalized spacial score (nSPS) is 20.3. The quantitative estimate of drug-likeness (QED) is 0.612. The summed E-state index contributed by atoms with van der Waals surface area (Å²) in [7, 11) is 0. The van der Waals surface area contributed by atoms with Crippen LogP contribution in [0.2, 0.25) is 0 Å². The molecule has 0 spiro atoms. The zero-order chi connectivity index (χ0) is 13.7. The van der Waals surface area contributed by atoms with E-state index in [1.165, 1.54) is 0 Å². The number of hydrogen-bond acceptors (Lipinski definition) is 4. The van der Waals surface area contributed by atoms with Gasteiger partial charge in [-0.1, -0.05) is 30.3 Å². The third kappa shape index (κ3) is 3.41. The van der Waals surface area contributed by atoms with Gasteiger partial charge in [-0.3, -0.25) is 9.69 Å². The van der Waals surface area contributed by atoms with Crippen LogP contribution in [0.15, 0.2) is 30.3 Å². The fraction of sp³-hybridized carbons (Fsp3) is 0.467. The van der Waals surface area contributed by atoms with Gasteiger partial charge in [0.15, 0.2) is 11.8 Å². The minimum Gasteiger partial charge on any atom is -0.464 e. The van der Waals surface area contributed by atoms with Crippen molar-refractivity contribution in [3.05, 3.63) is 35.9 Å². The van der Waals surface area contributed by atoms with Crippen molar-refractivity contribution in [2.75, 3.05) is 13.2 Å². The average molecular weight is 261 g/mol. The molecule has 4 heteroatoms. The van der Waals surface area contributed by atoms with Crippen molar-refractivity contribution in [1.29, 1.82) is 0 Å². The fourth-order valence-corrected chi connectivity index (χ4v) is 2.42. The third-order valence-electron chi connectivity index (χ3n) is 3.28. The monoisotopic (exact) mass is 261 g/mol. The highest BCUT2D eigenvalue weighted by Gasteiger charge is 2.36. The van der Waals surface area contributed by atoms with Gasteiger partial charge in [-0.05, 0) is 18.9 Å². The van der Waals surface area contributed by atoms with Gasteiger partial charge in [0.25, 0.3) is 0 Å². The summed E-state index contributed by atoms with van der Waals surface area (Å²) in [5, 5.41) is 0. The van der Waals surface area contributed by atoms with E-state index in [4.69, 9.17) is 4.74 Å². The molecule has 1 heterocycles. The molecule has 1 aliphatic rings. The second-order valence-electron chi connectivity index (χ2n) is 4.68. The highest BCUT2D eigenvalue weighted by molar-refractivity contribution is 6.03. The number of likely N-dealkylation sites (tertiary alicyclic amines) is 1. The summed E-state index contributed by atoms with van der Waals surface area (Å²) in [5.74, 6) is -0.441. The van der Waals surface area contributed by atoms with Crippen LogP contribution in [0.25, 0.3) is 0 Å². The van der Waals surface area contributed by atoms with E-state index in [-0.39, 0.29) is 5.78 Å². The maximum Gasteiger partial charge on any atom is 0.331 e. The smallest absolute Gasteiger partial charge is 0.331 e. The van der Waals surface area contributed by atoms with Crippen LogP contribution in [-0.4, -0.2) is 35.8 Å². The highest BCUT2D eigenvalue weighted by atomic mass is 16.5. The number of rotatable bonds is 4. The Morgan fingerprint density at radius 3 is 2.79 bits per heavy atom. The summed E-state index contributed by atoms with van der Waals surface area (Å²) in [6.07, 6.45) is 1.27. The third-order valence-corrected chi connectivity index (χ3v) is 3.28. The summed E-state index contributed by atoms with van der Waals surface area (Å²) in [6, 6.07) is 9.14. The lowest BCUT2D eigenvalue weighted by Crippen LogP contribution is -2.50. The molecule has 1 aromatic carbocycles.